The number of methoxy groups -OCH3 is 1. The lowest BCUT2D eigenvalue weighted by Crippen LogP contribution is -2.44. The lowest BCUT2D eigenvalue weighted by atomic mass is 9.83. The largest absolute Gasteiger partial charge is 0.497 e. The van der Waals surface area contributed by atoms with Gasteiger partial charge in [0.15, 0.2) is 5.78 Å². The van der Waals surface area contributed by atoms with E-state index in [0.717, 1.165) is 16.0 Å². The molecule has 3 heterocycles. The van der Waals surface area contributed by atoms with Gasteiger partial charge >= 0.3 is 0 Å². The van der Waals surface area contributed by atoms with Crippen molar-refractivity contribution in [3.8, 4) is 5.75 Å². The maximum atomic E-state index is 14.0. The lowest BCUT2D eigenvalue weighted by Gasteiger charge is -2.35. The summed E-state index contributed by atoms with van der Waals surface area (Å²) in [5, 5.41) is 11.2. The van der Waals surface area contributed by atoms with Gasteiger partial charge < -0.3 is 9.64 Å². The van der Waals surface area contributed by atoms with Crippen molar-refractivity contribution < 1.29 is 24.0 Å². The molecule has 0 spiro atoms. The van der Waals surface area contributed by atoms with E-state index in [9.17, 15) is 24.5 Å². The monoisotopic (exact) mass is 509 g/mol. The number of Topliss-reactive ketones (excluding diaryl/α,β-unsaturated/α-hetero) is 1. The van der Waals surface area contributed by atoms with E-state index >= 15 is 0 Å². The van der Waals surface area contributed by atoms with Gasteiger partial charge in [0, 0.05) is 23.9 Å². The first-order valence-corrected chi connectivity index (χ1v) is 12.2. The smallest absolute Gasteiger partial charge is 0.269 e. The number of ketones is 1. The van der Waals surface area contributed by atoms with Gasteiger partial charge in [-0.1, -0.05) is 24.3 Å². The van der Waals surface area contributed by atoms with Gasteiger partial charge in [-0.15, -0.1) is 0 Å². The average Bonchev–Trinajstić information content (AvgIpc) is 3.40. The molecule has 0 bridgehead atoms. The molecule has 0 N–H and O–H groups in total. The number of amides is 2. The molecule has 6 rings (SSSR count). The predicted molar refractivity (Wildman–Crippen MR) is 138 cm³/mol. The Hall–Kier alpha value is -4.79. The molecule has 0 saturated carbocycles. The Morgan fingerprint density at radius 2 is 1.68 bits per heavy atom. The molecule has 3 aliphatic rings. The van der Waals surface area contributed by atoms with Crippen molar-refractivity contribution in [2.75, 3.05) is 12.0 Å². The van der Waals surface area contributed by atoms with E-state index in [2.05, 4.69) is 0 Å². The topological polar surface area (TPSA) is 110 Å². The Morgan fingerprint density at radius 1 is 0.974 bits per heavy atom. The number of anilines is 1. The van der Waals surface area contributed by atoms with Crippen molar-refractivity contribution in [2.45, 2.75) is 19.0 Å². The molecule has 9 nitrogen and oxygen atoms in total. The summed E-state index contributed by atoms with van der Waals surface area (Å²) in [6.07, 6.45) is 3.70. The molecule has 190 valence electrons. The van der Waals surface area contributed by atoms with Gasteiger partial charge in [-0.05, 0) is 60.0 Å². The molecule has 3 aromatic carbocycles. The van der Waals surface area contributed by atoms with E-state index in [1.807, 2.05) is 35.2 Å². The first-order chi connectivity index (χ1) is 18.3. The van der Waals surface area contributed by atoms with Crippen molar-refractivity contribution in [1.29, 1.82) is 0 Å². The number of carbonyl (C=O) groups is 3. The maximum absolute atomic E-state index is 14.0. The van der Waals surface area contributed by atoms with Crippen molar-refractivity contribution >= 4 is 35.0 Å². The number of hydrogen-bond donors (Lipinski definition) is 0. The van der Waals surface area contributed by atoms with Crippen LogP contribution in [0.5, 0.6) is 5.75 Å². The van der Waals surface area contributed by atoms with Crippen LogP contribution in [-0.2, 0) is 9.59 Å². The second-order valence-electron chi connectivity index (χ2n) is 9.67. The predicted octanol–water partition coefficient (Wildman–Crippen LogP) is 4.31. The number of nitro benzene ring substituents is 1. The zero-order valence-corrected chi connectivity index (χ0v) is 20.6. The summed E-state index contributed by atoms with van der Waals surface area (Å²) in [6.45, 7) is 1.63. The van der Waals surface area contributed by atoms with Crippen molar-refractivity contribution in [2.24, 2.45) is 11.8 Å². The zero-order chi connectivity index (χ0) is 26.7. The minimum Gasteiger partial charge on any atom is -0.497 e. The highest BCUT2D eigenvalue weighted by molar-refractivity contribution is 6.25. The molecule has 9 heteroatoms. The highest BCUT2D eigenvalue weighted by atomic mass is 16.6. The van der Waals surface area contributed by atoms with Crippen molar-refractivity contribution in [3.05, 3.63) is 105 Å². The second kappa shape index (κ2) is 8.65. The number of ether oxygens (including phenoxy) is 1. The average molecular weight is 510 g/mol. The molecule has 2 amide bonds. The fourth-order valence-electron chi connectivity index (χ4n) is 6.02. The Morgan fingerprint density at radius 3 is 2.37 bits per heavy atom. The number of carbonyl (C=O) groups excluding carboxylic acids is 3. The molecule has 0 aliphatic carbocycles. The summed E-state index contributed by atoms with van der Waals surface area (Å²) in [4.78, 5) is 55.7. The number of nitrogens with zero attached hydrogens (tertiary/aromatic N) is 3. The van der Waals surface area contributed by atoms with Crippen LogP contribution in [0.3, 0.4) is 0 Å². The van der Waals surface area contributed by atoms with Gasteiger partial charge in [0.05, 0.1) is 35.6 Å². The number of hydrogen-bond acceptors (Lipinski definition) is 7. The highest BCUT2D eigenvalue weighted by Crippen LogP contribution is 2.54. The fraction of sp³-hybridized carbons (Fsp3) is 0.207. The van der Waals surface area contributed by atoms with Gasteiger partial charge in [-0.3, -0.25) is 24.5 Å². The molecule has 3 aliphatic heterocycles. The molecule has 0 radical (unpaired) electrons. The Labute approximate surface area is 218 Å². The minimum atomic E-state index is -0.924. The molecule has 2 fully saturated rings. The van der Waals surface area contributed by atoms with Crippen LogP contribution >= 0.6 is 0 Å². The standard InChI is InChI=1S/C29H23N3O6/c1-16-15-19(32(36)37)9-12-22(16)31-28(34)23-24(29(31)35)26(27(33)18-7-10-20(38-2)11-8-18)30-14-13-17-5-3-4-6-21(17)25(23)30/h3-15,23-26H,1-2H3/t23-,24-,25-,26+/m1/s1. The van der Waals surface area contributed by atoms with E-state index in [0.29, 0.717) is 22.6 Å². The summed E-state index contributed by atoms with van der Waals surface area (Å²) >= 11 is 0. The third kappa shape index (κ3) is 3.35. The first kappa shape index (κ1) is 23.6. The summed E-state index contributed by atoms with van der Waals surface area (Å²) < 4.78 is 5.22. The third-order valence-corrected chi connectivity index (χ3v) is 7.74. The number of nitro groups is 1. The fourth-order valence-corrected chi connectivity index (χ4v) is 6.02. The van der Waals surface area contributed by atoms with Crippen LogP contribution in [-0.4, -0.2) is 40.6 Å². The molecule has 0 aromatic heterocycles. The minimum absolute atomic E-state index is 0.129. The number of fused-ring (bicyclic) bond motifs is 5. The van der Waals surface area contributed by atoms with Crippen LogP contribution in [0.25, 0.3) is 6.08 Å². The van der Waals surface area contributed by atoms with Crippen LogP contribution in [0.4, 0.5) is 11.4 Å². The van der Waals surface area contributed by atoms with Crippen LogP contribution in [0.15, 0.2) is 72.9 Å². The second-order valence-corrected chi connectivity index (χ2v) is 9.67. The van der Waals surface area contributed by atoms with Crippen LogP contribution in [0.2, 0.25) is 0 Å². The highest BCUT2D eigenvalue weighted by Gasteiger charge is 2.64. The molecule has 0 unspecified atom stereocenters. The van der Waals surface area contributed by atoms with Gasteiger partial charge in [0.1, 0.15) is 11.8 Å². The molecule has 4 atom stereocenters. The van der Waals surface area contributed by atoms with Gasteiger partial charge in [0.2, 0.25) is 11.8 Å². The Bertz CT molecular complexity index is 1550. The quantitative estimate of drug-likeness (QED) is 0.218. The van der Waals surface area contributed by atoms with Crippen molar-refractivity contribution in [1.82, 2.24) is 4.90 Å². The van der Waals surface area contributed by atoms with Crippen LogP contribution < -0.4 is 9.64 Å². The van der Waals surface area contributed by atoms with Gasteiger partial charge in [0.25, 0.3) is 5.69 Å². The number of benzene rings is 3. The number of non-ortho nitro benzene ring substituents is 1. The van der Waals surface area contributed by atoms with Gasteiger partial charge in [-0.25, -0.2) is 4.90 Å². The molecule has 2 saturated heterocycles. The zero-order valence-electron chi connectivity index (χ0n) is 20.6. The van der Waals surface area contributed by atoms with E-state index in [1.165, 1.54) is 25.3 Å². The van der Waals surface area contributed by atoms with E-state index < -0.39 is 40.7 Å². The Kier molecular flexibility index (Phi) is 5.37. The van der Waals surface area contributed by atoms with Crippen LogP contribution in [0.1, 0.15) is 33.1 Å². The lowest BCUT2D eigenvalue weighted by molar-refractivity contribution is -0.384. The van der Waals surface area contributed by atoms with E-state index in [4.69, 9.17) is 4.74 Å². The SMILES string of the molecule is COc1ccc(C(=O)[C@@H]2[C@@H]3C(=O)N(c4ccc([N+](=O)[O-])cc4C)C(=O)[C@H]3[C@H]3c4ccccc4C=CN23)cc1. The summed E-state index contributed by atoms with van der Waals surface area (Å²) in [5.41, 5.74) is 2.80. The molecule has 38 heavy (non-hydrogen) atoms. The van der Waals surface area contributed by atoms with E-state index in [-0.39, 0.29) is 11.5 Å². The number of aryl methyl sites for hydroxylation is 1. The van der Waals surface area contributed by atoms with Crippen molar-refractivity contribution in [3.63, 3.8) is 0 Å². The summed E-state index contributed by atoms with van der Waals surface area (Å²) in [7, 11) is 1.54. The third-order valence-electron chi connectivity index (χ3n) is 7.74. The summed E-state index contributed by atoms with van der Waals surface area (Å²) in [6, 6.07) is 17.0. The number of rotatable bonds is 5. The molecular formula is C29H23N3O6. The maximum Gasteiger partial charge on any atom is 0.269 e. The normalized spacial score (nSPS) is 23.2. The first-order valence-electron chi connectivity index (χ1n) is 12.2. The summed E-state index contributed by atoms with van der Waals surface area (Å²) in [5.74, 6) is -2.28. The number of imide groups is 1. The molecular weight excluding hydrogens is 486 g/mol. The molecule has 3 aromatic rings. The van der Waals surface area contributed by atoms with E-state index in [1.54, 1.807) is 37.4 Å². The Balaban J connectivity index is 1.47. The van der Waals surface area contributed by atoms with Gasteiger partial charge in [-0.2, -0.15) is 0 Å². The van der Waals surface area contributed by atoms with Crippen LogP contribution in [0, 0.1) is 28.9 Å².